The molecular weight excluding hydrogens is 342 g/mol. The van der Waals surface area contributed by atoms with Gasteiger partial charge in [0.25, 0.3) is 0 Å². The number of hydrogen-bond donors (Lipinski definition) is 1. The van der Waals surface area contributed by atoms with Gasteiger partial charge in [-0.05, 0) is 43.9 Å². The average molecular weight is 378 g/mol. The molecule has 5 nitrogen and oxygen atoms in total. The molecule has 0 heterocycles. The van der Waals surface area contributed by atoms with Crippen molar-refractivity contribution in [2.24, 2.45) is 0 Å². The van der Waals surface area contributed by atoms with Gasteiger partial charge in [0, 0.05) is 13.8 Å². The molecule has 1 aromatic carbocycles. The molecule has 152 valence electrons. The molecular formula is C22H35NO4. The highest BCUT2D eigenvalue weighted by Crippen LogP contribution is 2.19. The van der Waals surface area contributed by atoms with E-state index in [2.05, 4.69) is 12.2 Å². The predicted molar refractivity (Wildman–Crippen MR) is 108 cm³/mol. The summed E-state index contributed by atoms with van der Waals surface area (Å²) in [4.78, 5) is 22.6. The van der Waals surface area contributed by atoms with E-state index in [1.807, 2.05) is 31.2 Å². The Morgan fingerprint density at radius 1 is 1.11 bits per heavy atom. The van der Waals surface area contributed by atoms with Crippen molar-refractivity contribution < 1.29 is 19.1 Å². The third-order valence-corrected chi connectivity index (χ3v) is 4.45. The van der Waals surface area contributed by atoms with Gasteiger partial charge in [0.1, 0.15) is 12.4 Å². The highest BCUT2D eigenvalue weighted by Gasteiger charge is 2.26. The van der Waals surface area contributed by atoms with Gasteiger partial charge < -0.3 is 14.8 Å². The van der Waals surface area contributed by atoms with Gasteiger partial charge in [0.05, 0.1) is 12.1 Å². The third kappa shape index (κ3) is 10.6. The Morgan fingerprint density at radius 2 is 1.85 bits per heavy atom. The molecule has 1 rings (SSSR count). The number of unbranched alkanes of at least 4 members (excludes halogenated alkanes) is 4. The molecule has 0 aromatic heterocycles. The Kier molecular flexibility index (Phi) is 10.5. The standard InChI is InChI=1S/C22H35NO4/c1-5-6-7-8-9-15-26-21-12-10-11-20(16-21)13-14-22(4,23-18(2)24)17-27-19(3)25/h10-12,16H,5-9,13-15,17H2,1-4H3,(H,23,24). The fourth-order valence-corrected chi connectivity index (χ4v) is 2.96. The molecule has 1 N–H and O–H groups in total. The van der Waals surface area contributed by atoms with Gasteiger partial charge in [-0.2, -0.15) is 0 Å². The highest BCUT2D eigenvalue weighted by molar-refractivity contribution is 5.74. The first kappa shape index (κ1) is 23.0. The Morgan fingerprint density at radius 3 is 2.52 bits per heavy atom. The lowest BCUT2D eigenvalue weighted by Crippen LogP contribution is -2.49. The zero-order valence-corrected chi connectivity index (χ0v) is 17.3. The number of esters is 1. The average Bonchev–Trinajstić information content (AvgIpc) is 2.61. The zero-order chi connectivity index (χ0) is 20.1. The quantitative estimate of drug-likeness (QED) is 0.408. The summed E-state index contributed by atoms with van der Waals surface area (Å²) in [5.74, 6) is 0.398. The molecule has 0 saturated heterocycles. The molecule has 0 aliphatic heterocycles. The molecule has 0 spiro atoms. The highest BCUT2D eigenvalue weighted by atomic mass is 16.5. The minimum atomic E-state index is -0.590. The van der Waals surface area contributed by atoms with E-state index < -0.39 is 5.54 Å². The molecule has 1 aromatic rings. The molecule has 0 saturated carbocycles. The fraction of sp³-hybridized carbons (Fsp3) is 0.636. The number of carbonyl (C=O) groups is 2. The summed E-state index contributed by atoms with van der Waals surface area (Å²) in [6, 6.07) is 8.06. The van der Waals surface area contributed by atoms with Gasteiger partial charge >= 0.3 is 5.97 Å². The number of ether oxygens (including phenoxy) is 2. The van der Waals surface area contributed by atoms with Crippen molar-refractivity contribution in [3.63, 3.8) is 0 Å². The van der Waals surface area contributed by atoms with Crippen molar-refractivity contribution in [1.82, 2.24) is 5.32 Å². The van der Waals surface area contributed by atoms with E-state index in [0.717, 1.165) is 30.8 Å². The summed E-state index contributed by atoms with van der Waals surface area (Å²) in [6.07, 6.45) is 7.51. The second-order valence-electron chi connectivity index (χ2n) is 7.43. The number of benzene rings is 1. The van der Waals surface area contributed by atoms with E-state index in [1.165, 1.54) is 39.5 Å². The molecule has 0 aliphatic carbocycles. The van der Waals surface area contributed by atoms with Crippen LogP contribution < -0.4 is 10.1 Å². The van der Waals surface area contributed by atoms with Crippen molar-refractivity contribution in [2.75, 3.05) is 13.2 Å². The second kappa shape index (κ2) is 12.4. The number of aryl methyl sites for hydroxylation is 1. The molecule has 27 heavy (non-hydrogen) atoms. The van der Waals surface area contributed by atoms with Crippen LogP contribution >= 0.6 is 0 Å². The van der Waals surface area contributed by atoms with E-state index in [9.17, 15) is 9.59 Å². The van der Waals surface area contributed by atoms with Gasteiger partial charge in [-0.15, -0.1) is 0 Å². The Hall–Kier alpha value is -2.04. The summed E-state index contributed by atoms with van der Waals surface area (Å²) >= 11 is 0. The van der Waals surface area contributed by atoms with Crippen LogP contribution in [0.3, 0.4) is 0 Å². The summed E-state index contributed by atoms with van der Waals surface area (Å²) in [5, 5.41) is 2.91. The van der Waals surface area contributed by atoms with E-state index >= 15 is 0 Å². The zero-order valence-electron chi connectivity index (χ0n) is 17.3. The Balaban J connectivity index is 2.53. The Labute approximate surface area is 163 Å². The van der Waals surface area contributed by atoms with Crippen LogP contribution in [0.4, 0.5) is 0 Å². The van der Waals surface area contributed by atoms with Gasteiger partial charge in [-0.3, -0.25) is 9.59 Å². The number of amides is 1. The number of nitrogens with one attached hydrogen (secondary N) is 1. The van der Waals surface area contributed by atoms with Crippen LogP contribution in [-0.4, -0.2) is 30.6 Å². The first-order chi connectivity index (χ1) is 12.8. The fourth-order valence-electron chi connectivity index (χ4n) is 2.96. The maximum atomic E-state index is 11.5. The number of carbonyl (C=O) groups excluding carboxylic acids is 2. The lowest BCUT2D eigenvalue weighted by atomic mass is 9.93. The van der Waals surface area contributed by atoms with Gasteiger partial charge in [-0.1, -0.05) is 44.7 Å². The lowest BCUT2D eigenvalue weighted by molar-refractivity contribution is -0.144. The number of rotatable bonds is 13. The maximum Gasteiger partial charge on any atom is 0.302 e. The van der Waals surface area contributed by atoms with Crippen LogP contribution in [0, 0.1) is 0 Å². The molecule has 0 aliphatic rings. The van der Waals surface area contributed by atoms with Crippen LogP contribution in [-0.2, 0) is 20.7 Å². The SMILES string of the molecule is CCCCCCCOc1cccc(CCC(C)(COC(C)=O)NC(C)=O)c1. The second-order valence-corrected chi connectivity index (χ2v) is 7.43. The monoisotopic (exact) mass is 377 g/mol. The molecule has 0 fully saturated rings. The van der Waals surface area contributed by atoms with Crippen molar-refractivity contribution in [2.45, 2.75) is 78.2 Å². The lowest BCUT2D eigenvalue weighted by Gasteiger charge is -2.30. The largest absolute Gasteiger partial charge is 0.494 e. The van der Waals surface area contributed by atoms with Crippen molar-refractivity contribution >= 4 is 11.9 Å². The molecule has 5 heteroatoms. The number of hydrogen-bond acceptors (Lipinski definition) is 4. The first-order valence-electron chi connectivity index (χ1n) is 9.98. The van der Waals surface area contributed by atoms with E-state index in [-0.39, 0.29) is 18.5 Å². The third-order valence-electron chi connectivity index (χ3n) is 4.45. The summed E-state index contributed by atoms with van der Waals surface area (Å²) in [5.41, 5.74) is 0.547. The van der Waals surface area contributed by atoms with Crippen molar-refractivity contribution in [1.29, 1.82) is 0 Å². The first-order valence-corrected chi connectivity index (χ1v) is 9.98. The topological polar surface area (TPSA) is 64.6 Å². The van der Waals surface area contributed by atoms with Crippen LogP contribution in [0.25, 0.3) is 0 Å². The van der Waals surface area contributed by atoms with Crippen molar-refractivity contribution in [3.05, 3.63) is 29.8 Å². The minimum absolute atomic E-state index is 0.134. The van der Waals surface area contributed by atoms with Gasteiger partial charge in [0.2, 0.25) is 5.91 Å². The van der Waals surface area contributed by atoms with Crippen molar-refractivity contribution in [3.8, 4) is 5.75 Å². The molecule has 1 unspecified atom stereocenters. The van der Waals surface area contributed by atoms with E-state index in [1.54, 1.807) is 0 Å². The maximum absolute atomic E-state index is 11.5. The van der Waals surface area contributed by atoms with Crippen LogP contribution in [0.15, 0.2) is 24.3 Å². The van der Waals surface area contributed by atoms with E-state index in [4.69, 9.17) is 9.47 Å². The molecule has 1 amide bonds. The minimum Gasteiger partial charge on any atom is -0.494 e. The molecule has 1 atom stereocenters. The summed E-state index contributed by atoms with van der Waals surface area (Å²) < 4.78 is 11.0. The Bertz CT molecular complexity index is 587. The van der Waals surface area contributed by atoms with Crippen LogP contribution in [0.1, 0.15) is 71.8 Å². The summed E-state index contributed by atoms with van der Waals surface area (Å²) in [7, 11) is 0. The predicted octanol–water partition coefficient (Wildman–Crippen LogP) is 4.43. The molecule has 0 radical (unpaired) electrons. The van der Waals surface area contributed by atoms with Crippen LogP contribution in [0.5, 0.6) is 5.75 Å². The smallest absolute Gasteiger partial charge is 0.302 e. The summed E-state index contributed by atoms with van der Waals surface area (Å²) in [6.45, 7) is 7.86. The van der Waals surface area contributed by atoms with Crippen LogP contribution in [0.2, 0.25) is 0 Å². The normalized spacial score (nSPS) is 12.9. The van der Waals surface area contributed by atoms with Gasteiger partial charge in [-0.25, -0.2) is 0 Å². The van der Waals surface area contributed by atoms with Gasteiger partial charge in [0.15, 0.2) is 0 Å². The molecule has 0 bridgehead atoms. The van der Waals surface area contributed by atoms with E-state index in [0.29, 0.717) is 6.42 Å².